The van der Waals surface area contributed by atoms with Crippen LogP contribution in [0.15, 0.2) is 0 Å². The summed E-state index contributed by atoms with van der Waals surface area (Å²) in [5, 5.41) is 0. The van der Waals surface area contributed by atoms with Gasteiger partial charge in [-0.1, -0.05) is 168 Å². The summed E-state index contributed by atoms with van der Waals surface area (Å²) in [6, 6.07) is 0. The van der Waals surface area contributed by atoms with E-state index < -0.39 is 0 Å². The highest BCUT2D eigenvalue weighted by Gasteiger charge is 1.75. The lowest BCUT2D eigenvalue weighted by Crippen LogP contribution is -1.66. The monoisotopic (exact) mass is 365 g/mol. The van der Waals surface area contributed by atoms with E-state index in [2.05, 4.69) is 27.7 Å². The zero-order valence-corrected chi connectivity index (χ0v) is 9.66. The van der Waals surface area contributed by atoms with Crippen molar-refractivity contribution in [2.75, 3.05) is 0 Å². The van der Waals surface area contributed by atoms with Crippen LogP contribution in [0.4, 0.5) is 0 Å². The van der Waals surface area contributed by atoms with E-state index in [0.717, 1.165) is 0 Å². The molecule has 0 unspecified atom stereocenters. The van der Waals surface area contributed by atoms with Crippen molar-refractivity contribution in [1.82, 2.24) is 0 Å². The fourth-order valence-electron chi connectivity index (χ4n) is 1.000. The molecule has 0 aromatic rings. The minimum atomic E-state index is 0. The predicted octanol–water partition coefficient (Wildman–Crippen LogP) is 12.8. The molecule has 0 bridgehead atoms. The lowest BCUT2D eigenvalue weighted by molar-refractivity contribution is 0.702. The molecule has 0 spiro atoms. The average molecular weight is 365 g/mol. The first-order chi connectivity index (χ1) is 5.83. The fourth-order valence-corrected chi connectivity index (χ4v) is 1.000. The summed E-state index contributed by atoms with van der Waals surface area (Å²) >= 11 is 0. The van der Waals surface area contributed by atoms with Crippen LogP contribution in [0, 0.1) is 0 Å². The third kappa shape index (κ3) is 270. The van der Waals surface area contributed by atoms with E-state index in [1.165, 1.54) is 51.4 Å². The third-order valence-electron chi connectivity index (χ3n) is 1.91. The molecular weight excluding hydrogens is 288 g/mol. The molecule has 0 N–H and O–H groups in total. The van der Waals surface area contributed by atoms with Gasteiger partial charge in [-0.05, 0) is 0 Å². The van der Waals surface area contributed by atoms with Gasteiger partial charge in [-0.2, -0.15) is 0 Å². The first kappa shape index (κ1) is 127. The zero-order valence-electron chi connectivity index (χ0n) is 9.66. The van der Waals surface area contributed by atoms with Crippen LogP contribution < -0.4 is 0 Å². The molecule has 0 aliphatic heterocycles. The van der Waals surface area contributed by atoms with Crippen LogP contribution >= 0.6 is 0 Å². The van der Waals surface area contributed by atoms with E-state index in [0.29, 0.717) is 0 Å². The molecule has 0 amide bonds. The molecule has 0 aromatic heterocycles. The summed E-state index contributed by atoms with van der Waals surface area (Å²) in [6.45, 7) is 8.93. The van der Waals surface area contributed by atoms with Gasteiger partial charge in [0.15, 0.2) is 0 Å². The van der Waals surface area contributed by atoms with Gasteiger partial charge >= 0.3 is 0 Å². The average Bonchev–Trinajstić information content (AvgIpc) is 2.12. The van der Waals surface area contributed by atoms with Crippen molar-refractivity contribution < 1.29 is 0 Å². The standard InChI is InChI=1S/2C6H14.12CH4/c2*1-3-5-6-4-2;;;;;;;;;;;;/h2*3-6H2,1-2H3;12*1H4. The Hall–Kier alpha value is 0. The molecule has 0 aromatic carbocycles. The third-order valence-corrected chi connectivity index (χ3v) is 1.91. The predicted molar refractivity (Wildman–Crippen MR) is 140 cm³/mol. The molecule has 0 nitrogen and oxygen atoms in total. The highest BCUT2D eigenvalue weighted by molar-refractivity contribution is 4.31. The molecule has 0 aliphatic rings. The Labute approximate surface area is 168 Å². The van der Waals surface area contributed by atoms with Crippen molar-refractivity contribution in [2.45, 2.75) is 168 Å². The molecule has 24 heavy (non-hydrogen) atoms. The van der Waals surface area contributed by atoms with Crippen LogP contribution in [0.3, 0.4) is 0 Å². The fraction of sp³-hybridized carbons (Fsp3) is 1.00. The summed E-state index contributed by atoms with van der Waals surface area (Å²) in [5.74, 6) is 0. The molecule has 0 fully saturated rings. The quantitative estimate of drug-likeness (QED) is 0.411. The summed E-state index contributed by atoms with van der Waals surface area (Å²) in [4.78, 5) is 0. The van der Waals surface area contributed by atoms with Crippen molar-refractivity contribution in [3.63, 3.8) is 0 Å². The van der Waals surface area contributed by atoms with Gasteiger partial charge in [-0.3, -0.25) is 0 Å². The molecule has 0 saturated carbocycles. The van der Waals surface area contributed by atoms with Gasteiger partial charge < -0.3 is 0 Å². The molecule has 0 aliphatic carbocycles. The Kier molecular flexibility index (Phi) is 920. The normalized spacial score (nSPS) is 4.50. The largest absolute Gasteiger partial charge is 0.0776 e. The topological polar surface area (TPSA) is 0 Å². The maximum atomic E-state index is 2.23. The van der Waals surface area contributed by atoms with Gasteiger partial charge in [0.05, 0.1) is 0 Å². The Morgan fingerprint density at radius 1 is 0.250 bits per heavy atom. The highest BCUT2D eigenvalue weighted by Crippen LogP contribution is 1.95. The molecule has 172 valence electrons. The molecule has 0 heterocycles. The molecule has 0 rings (SSSR count). The van der Waals surface area contributed by atoms with Crippen LogP contribution in [0.5, 0.6) is 0 Å². The number of rotatable bonds is 6. The number of hydrogen-bond acceptors (Lipinski definition) is 0. The van der Waals surface area contributed by atoms with Gasteiger partial charge in [-0.15, -0.1) is 0 Å². The Bertz CT molecular complexity index is 32.0. The van der Waals surface area contributed by atoms with E-state index in [4.69, 9.17) is 0 Å². The number of unbranched alkanes of at least 4 members (excludes halogenated alkanes) is 6. The lowest BCUT2D eigenvalue weighted by atomic mass is 10.2. The van der Waals surface area contributed by atoms with Crippen LogP contribution in [-0.4, -0.2) is 0 Å². The summed E-state index contributed by atoms with van der Waals surface area (Å²) < 4.78 is 0. The van der Waals surface area contributed by atoms with Crippen molar-refractivity contribution in [3.8, 4) is 0 Å². The van der Waals surface area contributed by atoms with E-state index in [1.54, 1.807) is 0 Å². The minimum Gasteiger partial charge on any atom is -0.0776 e. The second kappa shape index (κ2) is 174. The van der Waals surface area contributed by atoms with E-state index in [9.17, 15) is 0 Å². The summed E-state index contributed by atoms with van der Waals surface area (Å²) in [6.07, 6.45) is 11.1. The Balaban J connectivity index is -0.00000000463. The van der Waals surface area contributed by atoms with Gasteiger partial charge in [0.25, 0.3) is 0 Å². The van der Waals surface area contributed by atoms with Gasteiger partial charge in [-0.25, -0.2) is 0 Å². The maximum Gasteiger partial charge on any atom is -0.0536 e. The number of hydrogen-bond donors (Lipinski definition) is 0. The van der Waals surface area contributed by atoms with Gasteiger partial charge in [0, 0.05) is 0 Å². The smallest absolute Gasteiger partial charge is 0.0536 e. The second-order valence-electron chi connectivity index (χ2n) is 3.41. The molecule has 0 radical (unpaired) electrons. The van der Waals surface area contributed by atoms with E-state index in [1.807, 2.05) is 0 Å². The van der Waals surface area contributed by atoms with E-state index in [-0.39, 0.29) is 89.1 Å². The molecule has 0 heteroatoms. The first-order valence-corrected chi connectivity index (χ1v) is 5.83. The summed E-state index contributed by atoms with van der Waals surface area (Å²) in [5.41, 5.74) is 0. The first-order valence-electron chi connectivity index (χ1n) is 5.83. The molecular formula is C24H76. The van der Waals surface area contributed by atoms with E-state index >= 15 is 0 Å². The van der Waals surface area contributed by atoms with Crippen molar-refractivity contribution >= 4 is 0 Å². The van der Waals surface area contributed by atoms with Gasteiger partial charge in [0.1, 0.15) is 0 Å². The van der Waals surface area contributed by atoms with Crippen molar-refractivity contribution in [3.05, 3.63) is 0 Å². The van der Waals surface area contributed by atoms with Gasteiger partial charge in [0.2, 0.25) is 0 Å². The lowest BCUT2D eigenvalue weighted by Gasteiger charge is -1.86. The van der Waals surface area contributed by atoms with Crippen LogP contribution in [0.2, 0.25) is 0 Å². The van der Waals surface area contributed by atoms with Crippen LogP contribution in [-0.2, 0) is 0 Å². The highest BCUT2D eigenvalue weighted by atomic mass is 13.8. The Morgan fingerprint density at radius 2 is 0.333 bits per heavy atom. The summed E-state index contributed by atoms with van der Waals surface area (Å²) in [7, 11) is 0. The maximum absolute atomic E-state index is 2.23. The van der Waals surface area contributed by atoms with Crippen LogP contribution in [0.25, 0.3) is 0 Å². The minimum absolute atomic E-state index is 0. The Morgan fingerprint density at radius 3 is 0.375 bits per heavy atom. The van der Waals surface area contributed by atoms with Crippen molar-refractivity contribution in [1.29, 1.82) is 0 Å². The van der Waals surface area contributed by atoms with Crippen molar-refractivity contribution in [2.24, 2.45) is 0 Å². The SMILES string of the molecule is C.C.C.C.C.C.C.C.C.C.C.C.CCCCCC.CCCCCC. The molecule has 0 atom stereocenters. The van der Waals surface area contributed by atoms with Crippen LogP contribution in [0.1, 0.15) is 168 Å². The molecule has 0 saturated heterocycles. The zero-order chi connectivity index (χ0) is 9.66. The second-order valence-corrected chi connectivity index (χ2v) is 3.41.